The van der Waals surface area contributed by atoms with E-state index >= 15 is 0 Å². The van der Waals surface area contributed by atoms with Crippen LogP contribution >= 0.6 is 0 Å². The highest BCUT2D eigenvalue weighted by Crippen LogP contribution is 2.33. The predicted octanol–water partition coefficient (Wildman–Crippen LogP) is 0.391. The summed E-state index contributed by atoms with van der Waals surface area (Å²) in [6.45, 7) is 1.81. The Kier molecular flexibility index (Phi) is 4.89. The van der Waals surface area contributed by atoms with Crippen molar-refractivity contribution in [2.45, 2.75) is 12.5 Å². The maximum absolute atomic E-state index is 13.7. The average molecular weight is 356 g/mol. The Morgan fingerprint density at radius 3 is 2.83 bits per heavy atom. The summed E-state index contributed by atoms with van der Waals surface area (Å²) in [6, 6.07) is 6.26. The first-order chi connectivity index (χ1) is 11.3. The van der Waals surface area contributed by atoms with Crippen molar-refractivity contribution in [1.29, 1.82) is 0 Å². The van der Waals surface area contributed by atoms with Crippen LogP contribution in [0.25, 0.3) is 0 Å². The molecule has 3 atom stereocenters. The lowest BCUT2D eigenvalue weighted by Gasteiger charge is -2.20. The lowest BCUT2D eigenvalue weighted by atomic mass is 9.93. The number of hydrogen-bond acceptors (Lipinski definition) is 4. The van der Waals surface area contributed by atoms with E-state index in [0.29, 0.717) is 31.8 Å². The molecule has 0 radical (unpaired) electrons. The third-order valence-electron chi connectivity index (χ3n) is 4.70. The number of nitrogens with zero attached hydrogens (tertiary/aromatic N) is 1. The molecule has 0 unspecified atom stereocenters. The van der Waals surface area contributed by atoms with Crippen LogP contribution in [0.15, 0.2) is 24.3 Å². The van der Waals surface area contributed by atoms with Crippen LogP contribution in [0.3, 0.4) is 0 Å². The van der Waals surface area contributed by atoms with Gasteiger partial charge in [-0.3, -0.25) is 4.79 Å². The molecule has 2 saturated heterocycles. The lowest BCUT2D eigenvalue weighted by molar-refractivity contribution is -0.130. The van der Waals surface area contributed by atoms with Gasteiger partial charge in [0.1, 0.15) is 5.82 Å². The highest BCUT2D eigenvalue weighted by Gasteiger charge is 2.45. The third-order valence-corrected chi connectivity index (χ3v) is 5.39. The van der Waals surface area contributed by atoms with Gasteiger partial charge < -0.3 is 9.64 Å². The molecule has 0 bridgehead atoms. The van der Waals surface area contributed by atoms with E-state index in [1.807, 2.05) is 0 Å². The van der Waals surface area contributed by atoms with E-state index in [1.54, 1.807) is 23.1 Å². The van der Waals surface area contributed by atoms with Crippen LogP contribution in [0.2, 0.25) is 0 Å². The van der Waals surface area contributed by atoms with Gasteiger partial charge >= 0.3 is 0 Å². The zero-order valence-corrected chi connectivity index (χ0v) is 14.3. The van der Waals surface area contributed by atoms with Crippen LogP contribution in [0, 0.1) is 17.7 Å². The van der Waals surface area contributed by atoms with Gasteiger partial charge in [-0.2, -0.15) is 0 Å². The molecule has 2 aliphatic heterocycles. The Hall–Kier alpha value is -1.51. The predicted molar refractivity (Wildman–Crippen MR) is 86.3 cm³/mol. The molecule has 0 saturated carbocycles. The first-order valence-corrected chi connectivity index (χ1v) is 9.80. The van der Waals surface area contributed by atoms with Gasteiger partial charge in [0.2, 0.25) is 15.9 Å². The Labute approximate surface area is 141 Å². The summed E-state index contributed by atoms with van der Waals surface area (Å²) < 4.78 is 44.4. The van der Waals surface area contributed by atoms with Crippen LogP contribution in [-0.4, -0.2) is 57.8 Å². The van der Waals surface area contributed by atoms with E-state index in [-0.39, 0.29) is 36.1 Å². The van der Waals surface area contributed by atoms with Crippen molar-refractivity contribution >= 4 is 15.9 Å². The zero-order chi connectivity index (χ0) is 17.3. The van der Waals surface area contributed by atoms with E-state index in [0.717, 1.165) is 6.26 Å². The SMILES string of the molecule is CS(=O)(=O)NC[C@@H]1CO[C@@H]2CN(C(=O)Cc3ccccc3F)C[C@H]12. The molecule has 6 nitrogen and oxygen atoms in total. The Balaban J connectivity index is 1.59. The summed E-state index contributed by atoms with van der Waals surface area (Å²) in [4.78, 5) is 14.1. The van der Waals surface area contributed by atoms with E-state index in [1.165, 1.54) is 6.07 Å². The molecule has 8 heteroatoms. The van der Waals surface area contributed by atoms with E-state index in [2.05, 4.69) is 4.72 Å². The second-order valence-corrected chi connectivity index (χ2v) is 8.32. The van der Waals surface area contributed by atoms with E-state index in [9.17, 15) is 17.6 Å². The van der Waals surface area contributed by atoms with Crippen LogP contribution in [0.1, 0.15) is 5.56 Å². The molecule has 24 heavy (non-hydrogen) atoms. The highest BCUT2D eigenvalue weighted by atomic mass is 32.2. The molecule has 0 spiro atoms. The van der Waals surface area contributed by atoms with Crippen molar-refractivity contribution in [3.05, 3.63) is 35.6 Å². The maximum atomic E-state index is 13.7. The first kappa shape index (κ1) is 17.3. The molecule has 2 fully saturated rings. The number of carbonyl (C=O) groups is 1. The van der Waals surface area contributed by atoms with Crippen molar-refractivity contribution in [2.24, 2.45) is 11.8 Å². The number of carbonyl (C=O) groups excluding carboxylic acids is 1. The molecule has 1 amide bonds. The number of halogens is 1. The van der Waals surface area contributed by atoms with E-state index in [4.69, 9.17) is 4.74 Å². The van der Waals surface area contributed by atoms with Gasteiger partial charge in [-0.15, -0.1) is 0 Å². The Bertz CT molecular complexity index is 725. The summed E-state index contributed by atoms with van der Waals surface area (Å²) in [6.07, 6.45) is 1.08. The number of amides is 1. The number of rotatable bonds is 5. The molecule has 0 aliphatic carbocycles. The van der Waals surface area contributed by atoms with Crippen LogP contribution in [-0.2, 0) is 26.0 Å². The molecule has 2 aliphatic rings. The number of likely N-dealkylation sites (tertiary alicyclic amines) is 1. The molecule has 3 rings (SSSR count). The zero-order valence-electron chi connectivity index (χ0n) is 13.4. The molecule has 132 valence electrons. The number of hydrogen-bond donors (Lipinski definition) is 1. The maximum Gasteiger partial charge on any atom is 0.227 e. The van der Waals surface area contributed by atoms with Gasteiger partial charge in [-0.05, 0) is 11.6 Å². The topological polar surface area (TPSA) is 75.7 Å². The summed E-state index contributed by atoms with van der Waals surface area (Å²) in [5.74, 6) is -0.343. The average Bonchev–Trinajstić information content (AvgIpc) is 3.07. The quantitative estimate of drug-likeness (QED) is 0.828. The molecule has 1 aromatic carbocycles. The minimum atomic E-state index is -3.24. The number of fused-ring (bicyclic) bond motifs is 1. The molecular weight excluding hydrogens is 335 g/mol. The summed E-state index contributed by atoms with van der Waals surface area (Å²) in [5.41, 5.74) is 0.385. The molecule has 2 heterocycles. The molecule has 1 aromatic rings. The highest BCUT2D eigenvalue weighted by molar-refractivity contribution is 7.88. The van der Waals surface area contributed by atoms with Gasteiger partial charge in [-0.1, -0.05) is 18.2 Å². The normalized spacial score (nSPS) is 26.6. The number of nitrogens with one attached hydrogen (secondary N) is 1. The van der Waals surface area contributed by atoms with Gasteiger partial charge in [0.15, 0.2) is 0 Å². The van der Waals surface area contributed by atoms with Gasteiger partial charge in [0, 0.05) is 31.5 Å². The summed E-state index contributed by atoms with van der Waals surface area (Å²) in [5, 5.41) is 0. The van der Waals surface area contributed by atoms with Gasteiger partial charge in [-0.25, -0.2) is 17.5 Å². The van der Waals surface area contributed by atoms with Crippen molar-refractivity contribution in [1.82, 2.24) is 9.62 Å². The third kappa shape index (κ3) is 3.93. The lowest BCUT2D eigenvalue weighted by Crippen LogP contribution is -2.35. The van der Waals surface area contributed by atoms with E-state index < -0.39 is 10.0 Å². The van der Waals surface area contributed by atoms with Gasteiger partial charge in [0.05, 0.1) is 25.4 Å². The van der Waals surface area contributed by atoms with Crippen molar-refractivity contribution in [3.8, 4) is 0 Å². The second-order valence-electron chi connectivity index (χ2n) is 6.48. The second kappa shape index (κ2) is 6.78. The fourth-order valence-electron chi connectivity index (χ4n) is 3.39. The molecule has 0 aromatic heterocycles. The molecular formula is C16H21FN2O4S. The van der Waals surface area contributed by atoms with Crippen molar-refractivity contribution < 1.29 is 22.3 Å². The first-order valence-electron chi connectivity index (χ1n) is 7.91. The summed E-state index contributed by atoms with van der Waals surface area (Å²) >= 11 is 0. The Morgan fingerprint density at radius 2 is 2.12 bits per heavy atom. The Morgan fingerprint density at radius 1 is 1.38 bits per heavy atom. The number of benzene rings is 1. The fourth-order valence-corrected chi connectivity index (χ4v) is 3.90. The van der Waals surface area contributed by atoms with Gasteiger partial charge in [0.25, 0.3) is 0 Å². The standard InChI is InChI=1S/C16H21FN2O4S/c1-24(21,22)18-7-12-10-23-15-9-19(8-13(12)15)16(20)6-11-4-2-3-5-14(11)17/h2-5,12-13,15,18H,6-10H2,1H3/t12-,13-,15-/m1/s1. The fraction of sp³-hybridized carbons (Fsp3) is 0.562. The van der Waals surface area contributed by atoms with Crippen LogP contribution < -0.4 is 4.72 Å². The van der Waals surface area contributed by atoms with Crippen molar-refractivity contribution in [2.75, 3.05) is 32.5 Å². The van der Waals surface area contributed by atoms with Crippen LogP contribution in [0.5, 0.6) is 0 Å². The minimum Gasteiger partial charge on any atom is -0.376 e. The smallest absolute Gasteiger partial charge is 0.227 e. The summed E-state index contributed by atoms with van der Waals surface area (Å²) in [7, 11) is -3.24. The van der Waals surface area contributed by atoms with Crippen LogP contribution in [0.4, 0.5) is 4.39 Å². The monoisotopic (exact) mass is 356 g/mol. The van der Waals surface area contributed by atoms with Crippen molar-refractivity contribution in [3.63, 3.8) is 0 Å². The molecule has 1 N–H and O–H groups in total. The largest absolute Gasteiger partial charge is 0.376 e. The number of ether oxygens (including phenoxy) is 1. The minimum absolute atomic E-state index is 0.0262. The number of sulfonamides is 1.